The number of benzene rings is 2. The highest BCUT2D eigenvalue weighted by molar-refractivity contribution is 6.23. The summed E-state index contributed by atoms with van der Waals surface area (Å²) < 4.78 is 31.0. The molecule has 2 aromatic carbocycles. The number of piperidine rings is 1. The van der Waals surface area contributed by atoms with Crippen LogP contribution in [0.2, 0.25) is 0 Å². The second-order valence-electron chi connectivity index (χ2n) is 16.7. The first-order valence-electron chi connectivity index (χ1n) is 22.6. The molecule has 3 fully saturated rings. The zero-order chi connectivity index (χ0) is 45.6. The first kappa shape index (κ1) is 44.5. The Balaban J connectivity index is 0.635. The van der Waals surface area contributed by atoms with Crippen molar-refractivity contribution in [3.8, 4) is 0 Å². The molecule has 66 heavy (non-hydrogen) atoms. The van der Waals surface area contributed by atoms with Gasteiger partial charge in [-0.15, -0.1) is 0 Å². The number of nitrogens with one attached hydrogen (secondary N) is 3. The van der Waals surface area contributed by atoms with Gasteiger partial charge in [-0.1, -0.05) is 18.2 Å². The molecule has 0 radical (unpaired) electrons. The second kappa shape index (κ2) is 20.2. The van der Waals surface area contributed by atoms with Crippen molar-refractivity contribution >= 4 is 52.6 Å². The Morgan fingerprint density at radius 2 is 1.59 bits per heavy atom. The summed E-state index contributed by atoms with van der Waals surface area (Å²) in [4.78, 5) is 75.1. The molecule has 1 aromatic heterocycles. The lowest BCUT2D eigenvalue weighted by Crippen LogP contribution is -2.54. The number of anilines is 2. The molecule has 3 aromatic rings. The molecule has 6 aliphatic rings. The van der Waals surface area contributed by atoms with Gasteiger partial charge in [0.15, 0.2) is 0 Å². The summed E-state index contributed by atoms with van der Waals surface area (Å²) in [6, 6.07) is 16.7. The first-order valence-corrected chi connectivity index (χ1v) is 22.6. The molecular weight excluding hydrogens is 852 g/mol. The highest BCUT2D eigenvalue weighted by atomic mass is 19.1. The Kier molecular flexibility index (Phi) is 13.6. The van der Waals surface area contributed by atoms with Gasteiger partial charge in [-0.3, -0.25) is 34.2 Å². The van der Waals surface area contributed by atoms with Crippen LogP contribution in [0.5, 0.6) is 0 Å². The highest BCUT2D eigenvalue weighted by Crippen LogP contribution is 2.36. The molecule has 7 heterocycles. The minimum absolute atomic E-state index is 0.0474. The molecule has 3 saturated heterocycles. The lowest BCUT2D eigenvalue weighted by atomic mass is 10.0. The molecule has 0 aliphatic carbocycles. The SMILES string of the molecule is O=C1CCC(N2C(=O)c3ccc(NCCOCCOCCOCCC(=O)N4CCN(c5cccc(C6=CNC7C=CC(N8CCC[C@@H]8c8cccc(F)c8)=NN67)n5)CC4)cc3C2=O)C(=O)N1. The van der Waals surface area contributed by atoms with E-state index < -0.39 is 29.7 Å². The number of carbonyl (C=O) groups excluding carboxylic acids is 5. The van der Waals surface area contributed by atoms with E-state index in [1.165, 1.54) is 6.07 Å². The maximum atomic E-state index is 14.1. The lowest BCUT2D eigenvalue weighted by Gasteiger charge is -2.36. The standard InChI is InChI=1S/C47H53FN10O8/c48-32-5-1-4-31(28-32)37-7-3-17-56(37)42-13-12-40-50-30-39(58(40)53-42)36-6-2-8-41(51-36)54-18-20-55(21-19-54)44(60)15-22-64-24-26-66-27-25-65-23-16-49-33-9-10-34-35(29-33)47(63)57(46(34)62)38-11-14-43(59)52-45(38)61/h1-2,4-6,8-10,12-13,28-30,37-38,40,49-50H,3,7,11,14-27H2,(H,52,59,61)/t37-,38?,40?/m1/s1. The van der Waals surface area contributed by atoms with Gasteiger partial charge in [0.05, 0.1) is 68.9 Å². The third-order valence-electron chi connectivity index (χ3n) is 12.5. The Morgan fingerprint density at radius 3 is 2.39 bits per heavy atom. The molecule has 346 valence electrons. The van der Waals surface area contributed by atoms with Crippen LogP contribution in [0.3, 0.4) is 0 Å². The molecule has 6 aliphatic heterocycles. The highest BCUT2D eigenvalue weighted by Gasteiger charge is 2.44. The molecule has 2 unspecified atom stereocenters. The number of ether oxygens (including phenoxy) is 3. The van der Waals surface area contributed by atoms with Crippen molar-refractivity contribution in [1.82, 2.24) is 35.3 Å². The number of likely N-dealkylation sites (tertiary alicyclic amines) is 1. The summed E-state index contributed by atoms with van der Waals surface area (Å²) in [5.41, 5.74) is 3.67. The molecule has 5 amide bonds. The van der Waals surface area contributed by atoms with E-state index in [0.29, 0.717) is 78.1 Å². The number of rotatable bonds is 17. The number of fused-ring (bicyclic) bond motifs is 2. The van der Waals surface area contributed by atoms with E-state index >= 15 is 0 Å². The number of hydrogen-bond donors (Lipinski definition) is 3. The number of imide groups is 2. The van der Waals surface area contributed by atoms with E-state index in [2.05, 4.69) is 31.8 Å². The van der Waals surface area contributed by atoms with Crippen LogP contribution in [0.4, 0.5) is 15.9 Å². The summed E-state index contributed by atoms with van der Waals surface area (Å²) in [5.74, 6) is -0.670. The number of aromatic nitrogens is 1. The van der Waals surface area contributed by atoms with E-state index in [1.807, 2.05) is 46.5 Å². The summed E-state index contributed by atoms with van der Waals surface area (Å²) in [5, 5.41) is 15.8. The van der Waals surface area contributed by atoms with E-state index in [4.69, 9.17) is 24.3 Å². The summed E-state index contributed by atoms with van der Waals surface area (Å²) in [6.45, 7) is 5.90. The Labute approximate surface area is 381 Å². The smallest absolute Gasteiger partial charge is 0.262 e. The molecule has 0 bridgehead atoms. The fourth-order valence-electron chi connectivity index (χ4n) is 9.11. The van der Waals surface area contributed by atoms with Crippen molar-refractivity contribution in [3.05, 3.63) is 107 Å². The fourth-order valence-corrected chi connectivity index (χ4v) is 9.11. The molecular formula is C47H53FN10O8. The van der Waals surface area contributed by atoms with E-state index in [1.54, 1.807) is 30.3 Å². The van der Waals surface area contributed by atoms with Crippen LogP contribution in [0.25, 0.3) is 5.70 Å². The number of amides is 5. The average molecular weight is 905 g/mol. The van der Waals surface area contributed by atoms with Crippen molar-refractivity contribution in [1.29, 1.82) is 0 Å². The van der Waals surface area contributed by atoms with Gasteiger partial charge in [0.25, 0.3) is 11.8 Å². The molecule has 9 rings (SSSR count). The van der Waals surface area contributed by atoms with Gasteiger partial charge >= 0.3 is 0 Å². The zero-order valence-electron chi connectivity index (χ0n) is 36.5. The molecule has 18 nitrogen and oxygen atoms in total. The molecule has 0 saturated carbocycles. The molecule has 3 atom stereocenters. The number of nitrogens with zero attached hydrogens (tertiary/aromatic N) is 7. The number of halogens is 1. The molecule has 3 N–H and O–H groups in total. The monoisotopic (exact) mass is 904 g/mol. The summed E-state index contributed by atoms with van der Waals surface area (Å²) in [6.07, 6.45) is 8.34. The number of carbonyl (C=O) groups is 5. The minimum Gasteiger partial charge on any atom is -0.383 e. The van der Waals surface area contributed by atoms with E-state index in [-0.39, 0.29) is 54.3 Å². The predicted octanol–water partition coefficient (Wildman–Crippen LogP) is 3.07. The van der Waals surface area contributed by atoms with Gasteiger partial charge in [-0.25, -0.2) is 14.4 Å². The number of pyridine rings is 1. The van der Waals surface area contributed by atoms with Crippen molar-refractivity contribution in [3.63, 3.8) is 0 Å². The maximum Gasteiger partial charge on any atom is 0.262 e. The zero-order valence-corrected chi connectivity index (χ0v) is 36.5. The Morgan fingerprint density at radius 1 is 0.818 bits per heavy atom. The van der Waals surface area contributed by atoms with Crippen molar-refractivity contribution < 1.29 is 42.6 Å². The number of amidine groups is 1. The van der Waals surface area contributed by atoms with Crippen LogP contribution >= 0.6 is 0 Å². The van der Waals surface area contributed by atoms with Gasteiger partial charge in [0.1, 0.15) is 35.4 Å². The van der Waals surface area contributed by atoms with Crippen molar-refractivity contribution in [2.45, 2.75) is 50.4 Å². The first-order chi connectivity index (χ1) is 32.2. The van der Waals surface area contributed by atoms with Gasteiger partial charge in [-0.2, -0.15) is 5.10 Å². The molecule has 19 heteroatoms. The fraction of sp³-hybridized carbons (Fsp3) is 0.426. The maximum absolute atomic E-state index is 14.1. The van der Waals surface area contributed by atoms with Gasteiger partial charge in [0, 0.05) is 57.6 Å². The van der Waals surface area contributed by atoms with Crippen LogP contribution in [-0.2, 0) is 28.6 Å². The summed E-state index contributed by atoms with van der Waals surface area (Å²) >= 11 is 0. The quantitative estimate of drug-likeness (QED) is 0.132. The van der Waals surface area contributed by atoms with Crippen LogP contribution < -0.4 is 20.9 Å². The summed E-state index contributed by atoms with van der Waals surface area (Å²) in [7, 11) is 0. The number of hydrogen-bond acceptors (Lipinski definition) is 15. The van der Waals surface area contributed by atoms with Crippen LogP contribution in [0, 0.1) is 5.82 Å². The largest absolute Gasteiger partial charge is 0.383 e. The van der Waals surface area contributed by atoms with Crippen LogP contribution in [-0.4, -0.2) is 151 Å². The van der Waals surface area contributed by atoms with Crippen molar-refractivity contribution in [2.75, 3.05) is 89.1 Å². The normalized spacial score (nSPS) is 21.5. The topological polar surface area (TPSA) is 191 Å². The third kappa shape index (κ3) is 9.78. The second-order valence-corrected chi connectivity index (χ2v) is 16.7. The van der Waals surface area contributed by atoms with Gasteiger partial charge < -0.3 is 39.5 Å². The van der Waals surface area contributed by atoms with Gasteiger partial charge in [-0.05, 0) is 79.4 Å². The van der Waals surface area contributed by atoms with E-state index in [0.717, 1.165) is 52.9 Å². The Hall–Kier alpha value is -6.70. The third-order valence-corrected chi connectivity index (χ3v) is 12.5. The van der Waals surface area contributed by atoms with Crippen LogP contribution in [0.15, 0.2) is 84.1 Å². The van der Waals surface area contributed by atoms with Crippen molar-refractivity contribution in [2.24, 2.45) is 5.10 Å². The van der Waals surface area contributed by atoms with Gasteiger partial charge in [0.2, 0.25) is 17.7 Å². The number of hydrazone groups is 1. The lowest BCUT2D eigenvalue weighted by molar-refractivity contribution is -0.136. The predicted molar refractivity (Wildman–Crippen MR) is 240 cm³/mol. The van der Waals surface area contributed by atoms with E-state index in [9.17, 15) is 28.4 Å². The molecule has 0 spiro atoms. The Bertz CT molecular complexity index is 2440. The minimum atomic E-state index is -1.01. The average Bonchev–Trinajstić information content (AvgIpc) is 4.06. The van der Waals surface area contributed by atoms with Crippen LogP contribution in [0.1, 0.15) is 70.1 Å². The number of piperazine rings is 1.